The van der Waals surface area contributed by atoms with Crippen LogP contribution in [0, 0.1) is 0 Å². The average molecular weight is 518 g/mol. The van der Waals surface area contributed by atoms with Crippen molar-refractivity contribution in [2.24, 2.45) is 4.99 Å². The highest BCUT2D eigenvalue weighted by atomic mass is 127. The molecule has 0 fully saturated rings. The molecule has 1 N–H and O–H groups in total. The fourth-order valence-corrected chi connectivity index (χ4v) is 3.80. The van der Waals surface area contributed by atoms with Crippen molar-refractivity contribution in [3.63, 3.8) is 0 Å². The van der Waals surface area contributed by atoms with Gasteiger partial charge in [-0.15, -0.1) is 24.0 Å². The van der Waals surface area contributed by atoms with Gasteiger partial charge in [0.2, 0.25) is 0 Å². The highest BCUT2D eigenvalue weighted by Gasteiger charge is 2.37. The van der Waals surface area contributed by atoms with Gasteiger partial charge in [0.25, 0.3) is 0 Å². The lowest BCUT2D eigenvalue weighted by Gasteiger charge is -2.36. The second-order valence-electron chi connectivity index (χ2n) is 6.29. The van der Waals surface area contributed by atoms with Crippen LogP contribution in [0.1, 0.15) is 16.7 Å². The molecule has 0 spiro atoms. The Hall–Kier alpha value is -1.83. The molecular formula is C24H27IN2OS. The number of nitrogens with zero attached hydrogens (tertiary/aromatic N) is 1. The molecule has 3 nitrogen and oxygen atoms in total. The highest BCUT2D eigenvalue weighted by Crippen LogP contribution is 2.40. The molecule has 3 aromatic rings. The minimum atomic E-state index is -0.672. The monoisotopic (exact) mass is 518 g/mol. The molecule has 3 rings (SSSR count). The zero-order valence-electron chi connectivity index (χ0n) is 16.7. The molecule has 0 saturated carbocycles. The van der Waals surface area contributed by atoms with Crippen LogP contribution in [0.25, 0.3) is 0 Å². The Labute approximate surface area is 195 Å². The van der Waals surface area contributed by atoms with Gasteiger partial charge in [-0.25, -0.2) is 0 Å². The van der Waals surface area contributed by atoms with Gasteiger partial charge in [0, 0.05) is 13.6 Å². The molecule has 29 heavy (non-hydrogen) atoms. The first-order valence-corrected chi connectivity index (χ1v) is 10.6. The number of ether oxygens (including phenoxy) is 1. The number of halogens is 1. The molecule has 0 aliphatic rings. The Balaban J connectivity index is 0.00000300. The zero-order valence-corrected chi connectivity index (χ0v) is 19.9. The topological polar surface area (TPSA) is 33.6 Å². The van der Waals surface area contributed by atoms with Crippen molar-refractivity contribution < 1.29 is 4.74 Å². The normalized spacial score (nSPS) is 11.6. The Kier molecular flexibility index (Phi) is 9.70. The molecule has 0 radical (unpaired) electrons. The van der Waals surface area contributed by atoms with E-state index in [2.05, 4.69) is 83.1 Å². The summed E-state index contributed by atoms with van der Waals surface area (Å²) in [6.07, 6.45) is 2.01. The van der Waals surface area contributed by atoms with E-state index in [1.54, 1.807) is 18.8 Å². The summed E-state index contributed by atoms with van der Waals surface area (Å²) >= 11 is 1.60. The second-order valence-corrected chi connectivity index (χ2v) is 7.08. The summed E-state index contributed by atoms with van der Waals surface area (Å²) in [5, 5.41) is 4.24. The van der Waals surface area contributed by atoms with Gasteiger partial charge >= 0.3 is 0 Å². The van der Waals surface area contributed by atoms with Crippen LogP contribution in [0.3, 0.4) is 0 Å². The molecule has 0 saturated heterocycles. The first-order chi connectivity index (χ1) is 13.8. The molecule has 0 amide bonds. The van der Waals surface area contributed by atoms with Crippen LogP contribution in [0.2, 0.25) is 0 Å². The number of nitrogens with one attached hydrogen (secondary N) is 1. The standard InChI is InChI=1S/C24H26N2OS.HI/c1-25-23(28-2)26-18-19-27-24(20-12-6-3-7-13-20,21-14-8-4-9-15-21)22-16-10-5-11-17-22;/h3-17H,18-19H2,1-2H3,(H,25,26);1H. The summed E-state index contributed by atoms with van der Waals surface area (Å²) in [5.41, 5.74) is 2.67. The lowest BCUT2D eigenvalue weighted by molar-refractivity contribution is 0.0164. The van der Waals surface area contributed by atoms with Crippen molar-refractivity contribution in [1.82, 2.24) is 5.32 Å². The maximum Gasteiger partial charge on any atom is 0.156 e. The van der Waals surface area contributed by atoms with Gasteiger partial charge in [-0.1, -0.05) is 103 Å². The molecule has 0 unspecified atom stereocenters. The molecule has 5 heteroatoms. The van der Waals surface area contributed by atoms with E-state index in [9.17, 15) is 0 Å². The minimum absolute atomic E-state index is 0. The maximum absolute atomic E-state index is 6.70. The van der Waals surface area contributed by atoms with Crippen LogP contribution in [0.4, 0.5) is 0 Å². The average Bonchev–Trinajstić information content (AvgIpc) is 2.78. The fourth-order valence-electron chi connectivity index (χ4n) is 3.37. The summed E-state index contributed by atoms with van der Waals surface area (Å²) in [7, 11) is 1.79. The molecule has 0 aliphatic heterocycles. The molecule has 0 bridgehead atoms. The van der Waals surface area contributed by atoms with Gasteiger partial charge in [0.1, 0.15) is 5.60 Å². The van der Waals surface area contributed by atoms with Crippen molar-refractivity contribution in [2.75, 3.05) is 26.5 Å². The van der Waals surface area contributed by atoms with Crippen LogP contribution in [-0.2, 0) is 10.3 Å². The first kappa shape index (κ1) is 23.4. The molecular weight excluding hydrogens is 491 g/mol. The van der Waals surface area contributed by atoms with E-state index in [0.29, 0.717) is 13.2 Å². The van der Waals surface area contributed by atoms with E-state index in [-0.39, 0.29) is 24.0 Å². The second kappa shape index (κ2) is 12.0. The van der Waals surface area contributed by atoms with Crippen molar-refractivity contribution in [3.05, 3.63) is 108 Å². The number of aliphatic imine (C=N–C) groups is 1. The van der Waals surface area contributed by atoms with E-state index >= 15 is 0 Å². The third-order valence-electron chi connectivity index (χ3n) is 4.63. The van der Waals surface area contributed by atoms with Crippen LogP contribution >= 0.6 is 35.7 Å². The molecule has 0 atom stereocenters. The third kappa shape index (κ3) is 5.62. The number of amidine groups is 1. The van der Waals surface area contributed by atoms with Crippen LogP contribution in [0.5, 0.6) is 0 Å². The Bertz CT molecular complexity index is 776. The van der Waals surface area contributed by atoms with Crippen LogP contribution in [0.15, 0.2) is 96.0 Å². The lowest BCUT2D eigenvalue weighted by Crippen LogP contribution is -2.36. The Morgan fingerprint density at radius 1 is 0.828 bits per heavy atom. The summed E-state index contributed by atoms with van der Waals surface area (Å²) in [5.74, 6) is 0. The van der Waals surface area contributed by atoms with Crippen molar-refractivity contribution >= 4 is 40.9 Å². The summed E-state index contributed by atoms with van der Waals surface area (Å²) < 4.78 is 6.70. The van der Waals surface area contributed by atoms with E-state index in [0.717, 1.165) is 21.9 Å². The van der Waals surface area contributed by atoms with E-state index in [1.807, 2.05) is 24.5 Å². The molecule has 0 aromatic heterocycles. The first-order valence-electron chi connectivity index (χ1n) is 9.36. The minimum Gasteiger partial charge on any atom is -0.363 e. The summed E-state index contributed by atoms with van der Waals surface area (Å²) in [6.45, 7) is 1.22. The van der Waals surface area contributed by atoms with Crippen molar-refractivity contribution in [1.29, 1.82) is 0 Å². The molecule has 0 heterocycles. The smallest absolute Gasteiger partial charge is 0.156 e. The number of hydrogen-bond acceptors (Lipinski definition) is 3. The van der Waals surface area contributed by atoms with Gasteiger partial charge in [-0.05, 0) is 22.9 Å². The molecule has 152 valence electrons. The van der Waals surface area contributed by atoms with Crippen molar-refractivity contribution in [2.45, 2.75) is 5.60 Å². The zero-order chi connectivity index (χ0) is 19.7. The lowest BCUT2D eigenvalue weighted by atomic mass is 9.80. The van der Waals surface area contributed by atoms with E-state index < -0.39 is 5.60 Å². The van der Waals surface area contributed by atoms with Crippen LogP contribution < -0.4 is 5.32 Å². The predicted octanol–water partition coefficient (Wildman–Crippen LogP) is 5.55. The summed E-state index contributed by atoms with van der Waals surface area (Å²) in [6, 6.07) is 31.3. The van der Waals surface area contributed by atoms with Crippen molar-refractivity contribution in [3.8, 4) is 0 Å². The van der Waals surface area contributed by atoms with E-state index in [1.165, 1.54) is 0 Å². The van der Waals surface area contributed by atoms with Gasteiger partial charge in [0.15, 0.2) is 5.17 Å². The fraction of sp³-hybridized carbons (Fsp3) is 0.208. The summed E-state index contributed by atoms with van der Waals surface area (Å²) in [4.78, 5) is 4.23. The Morgan fingerprint density at radius 3 is 1.59 bits per heavy atom. The quantitative estimate of drug-likeness (QED) is 0.146. The predicted molar refractivity (Wildman–Crippen MR) is 135 cm³/mol. The van der Waals surface area contributed by atoms with Crippen LogP contribution in [-0.4, -0.2) is 31.6 Å². The number of thioether (sulfide) groups is 1. The van der Waals surface area contributed by atoms with Gasteiger partial charge in [-0.3, -0.25) is 4.99 Å². The highest BCUT2D eigenvalue weighted by molar-refractivity contribution is 14.0. The maximum atomic E-state index is 6.70. The van der Waals surface area contributed by atoms with E-state index in [4.69, 9.17) is 4.74 Å². The molecule has 0 aliphatic carbocycles. The van der Waals surface area contributed by atoms with Gasteiger partial charge in [0.05, 0.1) is 6.61 Å². The number of rotatable bonds is 7. The van der Waals surface area contributed by atoms with Gasteiger partial charge < -0.3 is 10.1 Å². The molecule has 3 aromatic carbocycles. The third-order valence-corrected chi connectivity index (χ3v) is 5.35. The SMILES string of the molecule is CN=C(NCCOC(c1ccccc1)(c1ccccc1)c1ccccc1)SC.I. The largest absolute Gasteiger partial charge is 0.363 e. The van der Waals surface area contributed by atoms with Gasteiger partial charge in [-0.2, -0.15) is 0 Å². The number of hydrogen-bond donors (Lipinski definition) is 1. The Morgan fingerprint density at radius 2 is 1.24 bits per heavy atom. The number of benzene rings is 3.